The van der Waals surface area contributed by atoms with Gasteiger partial charge in [0, 0.05) is 12.4 Å². The monoisotopic (exact) mass is 181 g/mol. The molecule has 0 atom stereocenters. The van der Waals surface area contributed by atoms with Crippen molar-refractivity contribution in [2.45, 2.75) is 13.3 Å². The number of carbonyl (C=O) groups is 1. The molecule has 2 N–H and O–H groups in total. The number of nitrogens with zero attached hydrogens (tertiary/aromatic N) is 2. The SMILES string of the molecule is CCOC(=O)Cc1nccnc1N. The van der Waals surface area contributed by atoms with E-state index in [4.69, 9.17) is 10.5 Å². The summed E-state index contributed by atoms with van der Waals surface area (Å²) in [4.78, 5) is 18.7. The minimum atomic E-state index is -0.338. The van der Waals surface area contributed by atoms with Gasteiger partial charge in [-0.1, -0.05) is 0 Å². The maximum absolute atomic E-state index is 11.0. The van der Waals surface area contributed by atoms with Gasteiger partial charge in [0.15, 0.2) is 0 Å². The first-order chi connectivity index (χ1) is 6.24. The molecule has 1 rings (SSSR count). The van der Waals surface area contributed by atoms with Crippen molar-refractivity contribution in [3.63, 3.8) is 0 Å². The molecule has 0 bridgehead atoms. The summed E-state index contributed by atoms with van der Waals surface area (Å²) in [6, 6.07) is 0. The van der Waals surface area contributed by atoms with Gasteiger partial charge in [0.1, 0.15) is 5.82 Å². The Bertz CT molecular complexity index is 301. The number of hydrogen-bond acceptors (Lipinski definition) is 5. The summed E-state index contributed by atoms with van der Waals surface area (Å²) < 4.78 is 4.74. The molecule has 70 valence electrons. The second-order valence-corrected chi connectivity index (χ2v) is 2.37. The van der Waals surface area contributed by atoms with Crippen LogP contribution in [0.15, 0.2) is 12.4 Å². The average molecular weight is 181 g/mol. The molecule has 0 radical (unpaired) electrons. The summed E-state index contributed by atoms with van der Waals surface area (Å²) in [6.07, 6.45) is 3.04. The molecule has 1 aromatic rings. The van der Waals surface area contributed by atoms with Crippen LogP contribution in [0.5, 0.6) is 0 Å². The minimum absolute atomic E-state index is 0.0769. The molecule has 0 unspecified atom stereocenters. The fraction of sp³-hybridized carbons (Fsp3) is 0.375. The molecule has 0 saturated heterocycles. The van der Waals surface area contributed by atoms with Gasteiger partial charge in [-0.05, 0) is 6.92 Å². The lowest BCUT2D eigenvalue weighted by Gasteiger charge is -2.02. The minimum Gasteiger partial charge on any atom is -0.466 e. The molecule has 0 amide bonds. The highest BCUT2D eigenvalue weighted by Gasteiger charge is 2.08. The standard InChI is InChI=1S/C8H11N3O2/c1-2-13-7(12)5-6-8(9)11-4-3-10-6/h3-4H,2,5H2,1H3,(H2,9,11). The fourth-order valence-corrected chi connectivity index (χ4v) is 0.863. The van der Waals surface area contributed by atoms with Crippen molar-refractivity contribution in [1.82, 2.24) is 9.97 Å². The third kappa shape index (κ3) is 2.70. The van der Waals surface area contributed by atoms with Crippen molar-refractivity contribution in [2.24, 2.45) is 0 Å². The Hall–Kier alpha value is -1.65. The third-order valence-corrected chi connectivity index (χ3v) is 1.42. The van der Waals surface area contributed by atoms with Gasteiger partial charge in [-0.2, -0.15) is 0 Å². The number of esters is 1. The highest BCUT2D eigenvalue weighted by molar-refractivity contribution is 5.73. The highest BCUT2D eigenvalue weighted by Crippen LogP contribution is 2.04. The molecule has 5 nitrogen and oxygen atoms in total. The van der Waals surface area contributed by atoms with Gasteiger partial charge in [0.25, 0.3) is 0 Å². The van der Waals surface area contributed by atoms with Gasteiger partial charge >= 0.3 is 5.97 Å². The number of anilines is 1. The lowest BCUT2D eigenvalue weighted by Crippen LogP contribution is -2.11. The van der Waals surface area contributed by atoms with E-state index in [9.17, 15) is 4.79 Å². The summed E-state index contributed by atoms with van der Waals surface area (Å²) in [5.41, 5.74) is 5.94. The van der Waals surface area contributed by atoms with Crippen LogP contribution in [0.4, 0.5) is 5.82 Å². The molecule has 0 aromatic carbocycles. The van der Waals surface area contributed by atoms with Crippen LogP contribution in [0, 0.1) is 0 Å². The summed E-state index contributed by atoms with van der Waals surface area (Å²) in [7, 11) is 0. The van der Waals surface area contributed by atoms with E-state index < -0.39 is 0 Å². The van der Waals surface area contributed by atoms with Gasteiger partial charge in [0.05, 0.1) is 18.7 Å². The zero-order valence-corrected chi connectivity index (χ0v) is 7.36. The normalized spacial score (nSPS) is 9.62. The molecular formula is C8H11N3O2. The van der Waals surface area contributed by atoms with Crippen molar-refractivity contribution in [3.05, 3.63) is 18.1 Å². The lowest BCUT2D eigenvalue weighted by atomic mass is 10.3. The van der Waals surface area contributed by atoms with Crippen LogP contribution in [0.2, 0.25) is 0 Å². The Morgan fingerprint density at radius 2 is 2.23 bits per heavy atom. The summed E-state index contributed by atoms with van der Waals surface area (Å²) in [6.45, 7) is 2.11. The first kappa shape index (κ1) is 9.44. The van der Waals surface area contributed by atoms with Crippen molar-refractivity contribution >= 4 is 11.8 Å². The van der Waals surface area contributed by atoms with Crippen LogP contribution >= 0.6 is 0 Å². The van der Waals surface area contributed by atoms with E-state index in [2.05, 4.69) is 9.97 Å². The van der Waals surface area contributed by atoms with E-state index in [1.165, 1.54) is 12.4 Å². The van der Waals surface area contributed by atoms with Crippen LogP contribution < -0.4 is 5.73 Å². The third-order valence-electron chi connectivity index (χ3n) is 1.42. The molecule has 13 heavy (non-hydrogen) atoms. The number of ether oxygens (including phenoxy) is 1. The van der Waals surface area contributed by atoms with Crippen LogP contribution in [-0.4, -0.2) is 22.5 Å². The predicted octanol–water partition coefficient (Wildman–Crippen LogP) is 0.164. The molecule has 5 heteroatoms. The largest absolute Gasteiger partial charge is 0.466 e. The molecule has 0 fully saturated rings. The zero-order valence-electron chi connectivity index (χ0n) is 7.36. The van der Waals surface area contributed by atoms with Gasteiger partial charge < -0.3 is 10.5 Å². The lowest BCUT2D eigenvalue weighted by molar-refractivity contribution is -0.142. The van der Waals surface area contributed by atoms with E-state index in [1.807, 2.05) is 0 Å². The van der Waals surface area contributed by atoms with Gasteiger partial charge in [-0.25, -0.2) is 4.98 Å². The van der Waals surface area contributed by atoms with Crippen LogP contribution in [0.25, 0.3) is 0 Å². The molecule has 0 aliphatic rings. The van der Waals surface area contributed by atoms with Crippen LogP contribution in [0.3, 0.4) is 0 Å². The van der Waals surface area contributed by atoms with E-state index in [1.54, 1.807) is 6.92 Å². The fourth-order valence-electron chi connectivity index (χ4n) is 0.863. The van der Waals surface area contributed by atoms with Crippen molar-refractivity contribution in [1.29, 1.82) is 0 Å². The Morgan fingerprint density at radius 1 is 1.54 bits per heavy atom. The number of hydrogen-bond donors (Lipinski definition) is 1. The number of carbonyl (C=O) groups excluding carboxylic acids is 1. The number of nitrogens with two attached hydrogens (primary N) is 1. The van der Waals surface area contributed by atoms with Crippen LogP contribution in [-0.2, 0) is 16.0 Å². The van der Waals surface area contributed by atoms with Gasteiger partial charge in [-0.15, -0.1) is 0 Å². The number of aromatic nitrogens is 2. The van der Waals surface area contributed by atoms with Gasteiger partial charge in [0.2, 0.25) is 0 Å². The zero-order chi connectivity index (χ0) is 9.68. The molecule has 0 aliphatic heterocycles. The smallest absolute Gasteiger partial charge is 0.312 e. The summed E-state index contributed by atoms with van der Waals surface area (Å²) >= 11 is 0. The predicted molar refractivity (Wildman–Crippen MR) is 46.8 cm³/mol. The average Bonchev–Trinajstić information content (AvgIpc) is 2.09. The van der Waals surface area contributed by atoms with E-state index in [0.717, 1.165) is 0 Å². The summed E-state index contributed by atoms with van der Waals surface area (Å²) in [5, 5.41) is 0. The first-order valence-corrected chi connectivity index (χ1v) is 3.95. The second-order valence-electron chi connectivity index (χ2n) is 2.37. The van der Waals surface area contributed by atoms with Crippen molar-refractivity contribution in [3.8, 4) is 0 Å². The maximum Gasteiger partial charge on any atom is 0.312 e. The molecular weight excluding hydrogens is 170 g/mol. The Balaban J connectivity index is 2.63. The number of nitrogen functional groups attached to an aromatic ring is 1. The highest BCUT2D eigenvalue weighted by atomic mass is 16.5. The number of rotatable bonds is 3. The van der Waals surface area contributed by atoms with Crippen LogP contribution in [0.1, 0.15) is 12.6 Å². The van der Waals surface area contributed by atoms with E-state index >= 15 is 0 Å². The van der Waals surface area contributed by atoms with E-state index in [0.29, 0.717) is 12.3 Å². The molecule has 0 aliphatic carbocycles. The maximum atomic E-state index is 11.0. The van der Waals surface area contributed by atoms with E-state index in [-0.39, 0.29) is 18.2 Å². The van der Waals surface area contributed by atoms with Gasteiger partial charge in [-0.3, -0.25) is 9.78 Å². The quantitative estimate of drug-likeness (QED) is 0.672. The Kier molecular flexibility index (Phi) is 3.19. The molecule has 0 spiro atoms. The molecule has 1 heterocycles. The Morgan fingerprint density at radius 3 is 2.85 bits per heavy atom. The second kappa shape index (κ2) is 4.39. The van der Waals surface area contributed by atoms with Crippen molar-refractivity contribution < 1.29 is 9.53 Å². The topological polar surface area (TPSA) is 78.1 Å². The molecule has 0 saturated carbocycles. The summed E-state index contributed by atoms with van der Waals surface area (Å²) in [5.74, 6) is -0.0646. The molecule has 1 aromatic heterocycles. The first-order valence-electron chi connectivity index (χ1n) is 3.95. The van der Waals surface area contributed by atoms with Crippen molar-refractivity contribution in [2.75, 3.05) is 12.3 Å². The Labute approximate surface area is 75.9 Å².